The molecule has 1 aliphatic rings. The molecule has 0 saturated carbocycles. The molecule has 2 aromatic carbocycles. The summed E-state index contributed by atoms with van der Waals surface area (Å²) in [6.45, 7) is 24.3. The van der Waals surface area contributed by atoms with E-state index in [1.54, 1.807) is 18.3 Å². The predicted molar refractivity (Wildman–Crippen MR) is 209 cm³/mol. The number of amides is 1. The Morgan fingerprint density at radius 1 is 1.02 bits per heavy atom. The predicted octanol–water partition coefficient (Wildman–Crippen LogP) is 10.0. The van der Waals surface area contributed by atoms with E-state index in [0.29, 0.717) is 16.7 Å². The van der Waals surface area contributed by atoms with Crippen molar-refractivity contribution in [1.29, 1.82) is 0 Å². The van der Waals surface area contributed by atoms with Crippen LogP contribution < -0.4 is 5.32 Å². The number of hydrogen-bond donors (Lipinski definition) is 1. The van der Waals surface area contributed by atoms with Gasteiger partial charge < -0.3 is 15.1 Å². The van der Waals surface area contributed by atoms with E-state index in [2.05, 4.69) is 91.4 Å². The highest BCUT2D eigenvalue weighted by Gasteiger charge is 2.29. The summed E-state index contributed by atoms with van der Waals surface area (Å²) in [6.07, 6.45) is 11.5. The van der Waals surface area contributed by atoms with Gasteiger partial charge in [-0.25, -0.2) is 4.98 Å². The summed E-state index contributed by atoms with van der Waals surface area (Å²) in [4.78, 5) is 22.7. The van der Waals surface area contributed by atoms with Gasteiger partial charge in [-0.3, -0.25) is 4.79 Å². The molecule has 1 amide bonds. The number of nitrogens with one attached hydrogen (secondary N) is 1. The molecule has 1 aromatic heterocycles. The minimum absolute atomic E-state index is 0.234. The van der Waals surface area contributed by atoms with Crippen LogP contribution in [0.5, 0.6) is 0 Å². The van der Waals surface area contributed by atoms with Crippen molar-refractivity contribution in [2.24, 2.45) is 0 Å². The van der Waals surface area contributed by atoms with Gasteiger partial charge in [-0.05, 0) is 98.8 Å². The van der Waals surface area contributed by atoms with E-state index in [1.165, 1.54) is 18.4 Å². The zero-order valence-corrected chi connectivity index (χ0v) is 30.7. The first-order valence-electron chi connectivity index (χ1n) is 16.7. The maximum Gasteiger partial charge on any atom is 0.252 e. The molecule has 4 rings (SSSR count). The molecule has 1 atom stereocenters. The normalized spacial score (nSPS) is 13.8. The van der Waals surface area contributed by atoms with Crippen molar-refractivity contribution >= 4 is 28.9 Å². The van der Waals surface area contributed by atoms with Gasteiger partial charge in [0.05, 0.1) is 0 Å². The molecule has 47 heavy (non-hydrogen) atoms. The molecule has 0 radical (unpaired) electrons. The number of aromatic nitrogens is 1. The molecule has 2 heterocycles. The smallest absolute Gasteiger partial charge is 0.252 e. The Labute approximate surface area is 290 Å². The third kappa shape index (κ3) is 11.9. The summed E-state index contributed by atoms with van der Waals surface area (Å²) in [6, 6.07) is 20.1. The fourth-order valence-corrected chi connectivity index (χ4v) is 5.61. The quantitative estimate of drug-likeness (QED) is 0.142. The van der Waals surface area contributed by atoms with E-state index in [0.717, 1.165) is 40.9 Å². The number of likely N-dealkylation sites (tertiary alicyclic amines) is 1. The van der Waals surface area contributed by atoms with Crippen LogP contribution in [0.4, 0.5) is 5.82 Å². The number of aryl methyl sites for hydroxylation is 1. The minimum Gasteiger partial charge on any atom is -0.350 e. The highest BCUT2D eigenvalue weighted by Crippen LogP contribution is 2.31. The Morgan fingerprint density at radius 2 is 1.64 bits per heavy atom. The van der Waals surface area contributed by atoms with Gasteiger partial charge in [0, 0.05) is 18.8 Å². The van der Waals surface area contributed by atoms with Crippen molar-refractivity contribution in [3.05, 3.63) is 133 Å². The van der Waals surface area contributed by atoms with Crippen molar-refractivity contribution < 1.29 is 4.79 Å². The maximum atomic E-state index is 13.6. The zero-order valence-electron chi connectivity index (χ0n) is 29.9. The van der Waals surface area contributed by atoms with E-state index in [4.69, 9.17) is 12.2 Å². The first-order valence-corrected chi connectivity index (χ1v) is 17.1. The molecule has 252 valence electrons. The number of thiocarbonyl (C=S) groups is 1. The number of anilines is 1. The topological polar surface area (TPSA) is 48.5 Å². The average Bonchev–Trinajstić information content (AvgIpc) is 3.13. The molecule has 0 bridgehead atoms. The van der Waals surface area contributed by atoms with Crippen LogP contribution in [-0.4, -0.2) is 58.9 Å². The van der Waals surface area contributed by atoms with Crippen LogP contribution in [-0.2, 0) is 4.79 Å². The molecule has 1 unspecified atom stereocenters. The minimum atomic E-state index is -0.699. The molecule has 1 saturated heterocycles. The highest BCUT2D eigenvalue weighted by atomic mass is 32.1. The van der Waals surface area contributed by atoms with Gasteiger partial charge in [-0.1, -0.05) is 113 Å². The summed E-state index contributed by atoms with van der Waals surface area (Å²) in [5.74, 6) is 0.875. The molecule has 1 fully saturated rings. The highest BCUT2D eigenvalue weighted by molar-refractivity contribution is 7.80. The van der Waals surface area contributed by atoms with Gasteiger partial charge in [-0.2, -0.15) is 0 Å². The summed E-state index contributed by atoms with van der Waals surface area (Å²) in [5, 5.41) is 2.94. The van der Waals surface area contributed by atoms with Crippen LogP contribution in [0.3, 0.4) is 0 Å². The van der Waals surface area contributed by atoms with Gasteiger partial charge in [0.1, 0.15) is 16.8 Å². The van der Waals surface area contributed by atoms with Crippen molar-refractivity contribution in [1.82, 2.24) is 14.8 Å². The average molecular weight is 653 g/mol. The number of hydrogen-bond acceptors (Lipinski definition) is 4. The van der Waals surface area contributed by atoms with E-state index in [9.17, 15) is 4.79 Å². The monoisotopic (exact) mass is 652 g/mol. The molecule has 1 N–H and O–H groups in total. The second-order valence-electron chi connectivity index (χ2n) is 10.6. The lowest BCUT2D eigenvalue weighted by molar-refractivity contribution is -0.118. The third-order valence-corrected chi connectivity index (χ3v) is 8.31. The van der Waals surface area contributed by atoms with Crippen LogP contribution in [0.2, 0.25) is 0 Å². The summed E-state index contributed by atoms with van der Waals surface area (Å²) in [5.41, 5.74) is 6.37. The Balaban J connectivity index is 0.00000174. The maximum absolute atomic E-state index is 13.6. The number of likely N-dealkylation sites (N-methyl/N-ethyl adjacent to an activating group) is 1. The summed E-state index contributed by atoms with van der Waals surface area (Å²) >= 11 is 6.04. The second kappa shape index (κ2) is 22.4. The van der Waals surface area contributed by atoms with Crippen molar-refractivity contribution in [3.63, 3.8) is 0 Å². The largest absolute Gasteiger partial charge is 0.350 e. The van der Waals surface area contributed by atoms with E-state index >= 15 is 0 Å². The van der Waals surface area contributed by atoms with E-state index < -0.39 is 6.04 Å². The molecular weight excluding hydrogens is 597 g/mol. The molecule has 5 nitrogen and oxygen atoms in total. The molecule has 3 aromatic rings. The number of benzene rings is 2. The van der Waals surface area contributed by atoms with Crippen molar-refractivity contribution in [3.8, 4) is 11.1 Å². The molecule has 1 aliphatic heterocycles. The van der Waals surface area contributed by atoms with Gasteiger partial charge in [0.15, 0.2) is 0 Å². The Bertz CT molecular complexity index is 1440. The fraction of sp³-hybridized carbons (Fsp3) is 0.341. The number of nitrogens with zero attached hydrogens (tertiary/aromatic N) is 3. The van der Waals surface area contributed by atoms with Gasteiger partial charge in [0.25, 0.3) is 5.91 Å². The number of carbonyl (C=O) groups is 1. The lowest BCUT2D eigenvalue weighted by atomic mass is 9.88. The summed E-state index contributed by atoms with van der Waals surface area (Å²) in [7, 11) is 4.06. The number of piperidine rings is 1. The van der Waals surface area contributed by atoms with Crippen LogP contribution in [0.15, 0.2) is 116 Å². The summed E-state index contributed by atoms with van der Waals surface area (Å²) < 4.78 is 0. The molecule has 0 aliphatic carbocycles. The van der Waals surface area contributed by atoms with Gasteiger partial charge >= 0.3 is 0 Å². The molecule has 6 heteroatoms. The van der Waals surface area contributed by atoms with E-state index in [1.807, 2.05) is 76.9 Å². The van der Waals surface area contributed by atoms with Crippen molar-refractivity contribution in [2.75, 3.05) is 32.5 Å². The standard InChI is InChI=1S/C35H40N4OS.2C2H6.C2H4/c1-6-8-11-26(7-2)33(34(40)37-32-12-9-10-21-36-32)39(5)35(41)31-24-30(14-13-25(31)3)28-17-15-27(16-18-28)29-19-22-38(4)23-20-29;3*1-2/h6-18,21,24,29,33H,2,19-20,22-23H2,1,3-5H3,(H,36,37,40);2*1-2H3;1-2H2/b8-6-,26-11+;;;. The Hall–Kier alpha value is -4.13. The van der Waals surface area contributed by atoms with E-state index in [-0.39, 0.29) is 5.91 Å². The van der Waals surface area contributed by atoms with Gasteiger partial charge in [0.2, 0.25) is 0 Å². The second-order valence-corrected chi connectivity index (χ2v) is 11.0. The lowest BCUT2D eigenvalue weighted by Gasteiger charge is -2.31. The molecular formula is C41H56N4OS. The zero-order chi connectivity index (χ0) is 35.4. The van der Waals surface area contributed by atoms with Crippen LogP contribution in [0, 0.1) is 6.92 Å². The first kappa shape index (κ1) is 40.9. The Morgan fingerprint density at radius 3 is 2.19 bits per heavy atom. The third-order valence-electron chi connectivity index (χ3n) is 7.81. The van der Waals surface area contributed by atoms with Crippen molar-refractivity contribution in [2.45, 2.75) is 66.3 Å². The van der Waals surface area contributed by atoms with Crippen LogP contribution in [0.25, 0.3) is 11.1 Å². The lowest BCUT2D eigenvalue weighted by Crippen LogP contribution is -2.46. The number of pyridine rings is 1. The van der Waals surface area contributed by atoms with Crippen LogP contribution >= 0.6 is 12.2 Å². The van der Waals surface area contributed by atoms with Gasteiger partial charge in [-0.15, -0.1) is 13.2 Å². The number of carbonyl (C=O) groups excluding carboxylic acids is 1. The SMILES string of the molecule is C=C.C=C/C(=C\C=C/C)C(C(=O)Nc1ccccn1)N(C)C(=S)c1cc(-c2ccc(C3CCN(C)CC3)cc2)ccc1C.CC.CC. The van der Waals surface area contributed by atoms with Crippen LogP contribution in [0.1, 0.15) is 70.1 Å². The number of rotatable bonds is 9. The first-order chi connectivity index (χ1) is 22.8. The fourth-order valence-electron chi connectivity index (χ4n) is 5.29. The number of allylic oxidation sites excluding steroid dienone is 3. The molecule has 0 spiro atoms. The Kier molecular flexibility index (Phi) is 19.5.